The van der Waals surface area contributed by atoms with Gasteiger partial charge >= 0.3 is 5.69 Å². The summed E-state index contributed by atoms with van der Waals surface area (Å²) in [6, 6.07) is 14.9. The van der Waals surface area contributed by atoms with E-state index in [4.69, 9.17) is 21.3 Å². The van der Waals surface area contributed by atoms with Crippen LogP contribution in [0.2, 0.25) is 5.02 Å². The summed E-state index contributed by atoms with van der Waals surface area (Å²) in [4.78, 5) is 22.8. The van der Waals surface area contributed by atoms with Gasteiger partial charge in [0, 0.05) is 11.1 Å². The van der Waals surface area contributed by atoms with E-state index in [1.54, 1.807) is 9.13 Å². The van der Waals surface area contributed by atoms with Gasteiger partial charge in [0.05, 0.1) is 18.3 Å². The molecule has 0 atom stereocenters. The molecule has 6 nitrogen and oxygen atoms in total. The number of halogens is 1. The lowest BCUT2D eigenvalue weighted by atomic mass is 10.2. The zero-order chi connectivity index (χ0) is 22.5. The lowest BCUT2D eigenvalue weighted by Crippen LogP contribution is -2.43. The molecule has 0 amide bonds. The standard InChI is InChI=1S/C23H27ClN4O2S/c1-15(2)28-22(31-5)26-21(25-19-10-12-20(13-11-19)30-16(3)4)27(23(28)29)14-17-6-8-18(24)9-7-17/h6-13,15-16H,14H2,1-5H3. The lowest BCUT2D eigenvalue weighted by molar-refractivity contribution is 0.242. The Morgan fingerprint density at radius 1 is 1.06 bits per heavy atom. The summed E-state index contributed by atoms with van der Waals surface area (Å²) in [7, 11) is 0. The molecular formula is C23H27ClN4O2S. The third kappa shape index (κ3) is 5.80. The molecule has 0 spiro atoms. The van der Waals surface area contributed by atoms with E-state index in [1.165, 1.54) is 11.8 Å². The molecule has 1 aromatic heterocycles. The highest BCUT2D eigenvalue weighted by Crippen LogP contribution is 2.19. The van der Waals surface area contributed by atoms with Crippen LogP contribution in [0.1, 0.15) is 39.3 Å². The molecule has 31 heavy (non-hydrogen) atoms. The zero-order valence-corrected chi connectivity index (χ0v) is 19.9. The van der Waals surface area contributed by atoms with Crippen molar-refractivity contribution in [1.29, 1.82) is 0 Å². The molecule has 0 saturated heterocycles. The van der Waals surface area contributed by atoms with Crippen LogP contribution in [0.25, 0.3) is 0 Å². The first-order valence-corrected chi connectivity index (χ1v) is 11.7. The Balaban J connectivity index is 2.15. The Bertz CT molecular complexity index is 1150. The van der Waals surface area contributed by atoms with E-state index in [1.807, 2.05) is 82.5 Å². The summed E-state index contributed by atoms with van der Waals surface area (Å²) in [6.07, 6.45) is 2.00. The van der Waals surface area contributed by atoms with Crippen molar-refractivity contribution in [3.05, 3.63) is 75.2 Å². The minimum atomic E-state index is -0.150. The van der Waals surface area contributed by atoms with Crippen molar-refractivity contribution in [2.45, 2.75) is 51.5 Å². The fourth-order valence-corrected chi connectivity index (χ4v) is 3.85. The third-order valence-corrected chi connectivity index (χ3v) is 5.38. The first-order valence-electron chi connectivity index (χ1n) is 10.1. The fourth-order valence-electron chi connectivity index (χ4n) is 3.07. The molecule has 0 aliphatic rings. The van der Waals surface area contributed by atoms with Crippen LogP contribution in [0.3, 0.4) is 0 Å². The second kappa shape index (κ2) is 10.2. The summed E-state index contributed by atoms with van der Waals surface area (Å²) < 4.78 is 8.99. The molecule has 2 aromatic carbocycles. The van der Waals surface area contributed by atoms with E-state index in [-0.39, 0.29) is 17.8 Å². The van der Waals surface area contributed by atoms with Gasteiger partial charge in [-0.3, -0.25) is 9.13 Å². The number of hydrogen-bond acceptors (Lipinski definition) is 5. The molecule has 3 rings (SSSR count). The number of hydrogen-bond donors (Lipinski definition) is 0. The molecule has 0 unspecified atom stereocenters. The van der Waals surface area contributed by atoms with Crippen molar-refractivity contribution in [3.63, 3.8) is 0 Å². The van der Waals surface area contributed by atoms with Crippen molar-refractivity contribution >= 4 is 29.1 Å². The van der Waals surface area contributed by atoms with Crippen LogP contribution < -0.4 is 16.0 Å². The Labute approximate surface area is 191 Å². The highest BCUT2D eigenvalue weighted by Gasteiger charge is 2.14. The summed E-state index contributed by atoms with van der Waals surface area (Å²) in [6.45, 7) is 8.25. The Morgan fingerprint density at radius 3 is 2.26 bits per heavy atom. The van der Waals surface area contributed by atoms with Crippen LogP contribution in [0.15, 0.2) is 63.5 Å². The molecule has 1 heterocycles. The van der Waals surface area contributed by atoms with E-state index in [2.05, 4.69) is 4.99 Å². The van der Waals surface area contributed by atoms with E-state index in [9.17, 15) is 4.79 Å². The van der Waals surface area contributed by atoms with Crippen molar-refractivity contribution < 1.29 is 4.74 Å². The van der Waals surface area contributed by atoms with E-state index in [0.717, 1.165) is 11.3 Å². The average Bonchev–Trinajstić information content (AvgIpc) is 2.72. The molecule has 0 radical (unpaired) electrons. The van der Waals surface area contributed by atoms with Gasteiger partial charge in [-0.05, 0) is 75.9 Å². The van der Waals surface area contributed by atoms with E-state index < -0.39 is 0 Å². The normalized spacial score (nSPS) is 12.1. The molecule has 0 aliphatic carbocycles. The monoisotopic (exact) mass is 458 g/mol. The lowest BCUT2D eigenvalue weighted by Gasteiger charge is -2.17. The van der Waals surface area contributed by atoms with Crippen molar-refractivity contribution in [1.82, 2.24) is 14.1 Å². The van der Waals surface area contributed by atoms with Gasteiger partial charge < -0.3 is 4.74 Å². The maximum atomic E-state index is 13.4. The quantitative estimate of drug-likeness (QED) is 0.464. The van der Waals surface area contributed by atoms with Crippen LogP contribution in [0.4, 0.5) is 5.69 Å². The summed E-state index contributed by atoms with van der Waals surface area (Å²) in [5.41, 5.74) is 1.85. The van der Waals surface area contributed by atoms with Crippen molar-refractivity contribution in [3.8, 4) is 5.75 Å². The van der Waals surface area contributed by atoms with Gasteiger partial charge in [-0.15, -0.1) is 0 Å². The zero-order valence-electron chi connectivity index (χ0n) is 18.4. The van der Waals surface area contributed by atoms with Crippen LogP contribution in [-0.2, 0) is 6.54 Å². The van der Waals surface area contributed by atoms with Crippen LogP contribution in [0, 0.1) is 0 Å². The highest BCUT2D eigenvalue weighted by atomic mass is 35.5. The summed E-state index contributed by atoms with van der Waals surface area (Å²) >= 11 is 7.45. The predicted octanol–water partition coefficient (Wildman–Crippen LogP) is 5.07. The Morgan fingerprint density at radius 2 is 1.71 bits per heavy atom. The van der Waals surface area contributed by atoms with Gasteiger partial charge in [-0.2, -0.15) is 4.98 Å². The number of benzene rings is 2. The number of rotatable bonds is 7. The summed E-state index contributed by atoms with van der Waals surface area (Å²) in [5.74, 6) is 0.774. The number of aromatic nitrogens is 3. The van der Waals surface area contributed by atoms with Crippen LogP contribution >= 0.6 is 23.4 Å². The van der Waals surface area contributed by atoms with Gasteiger partial charge in [0.1, 0.15) is 5.75 Å². The Hall–Kier alpha value is -2.51. The van der Waals surface area contributed by atoms with E-state index >= 15 is 0 Å². The van der Waals surface area contributed by atoms with Crippen LogP contribution in [0.5, 0.6) is 5.75 Å². The maximum Gasteiger partial charge on any atom is 0.333 e. The summed E-state index contributed by atoms with van der Waals surface area (Å²) in [5, 5.41) is 1.28. The first-order chi connectivity index (χ1) is 14.8. The topological polar surface area (TPSA) is 61.4 Å². The van der Waals surface area contributed by atoms with Gasteiger partial charge in [0.15, 0.2) is 5.16 Å². The van der Waals surface area contributed by atoms with Crippen molar-refractivity contribution in [2.75, 3.05) is 6.26 Å². The van der Waals surface area contributed by atoms with Gasteiger partial charge in [-0.1, -0.05) is 35.5 Å². The fraction of sp³-hybridized carbons (Fsp3) is 0.348. The molecule has 0 N–H and O–H groups in total. The van der Waals surface area contributed by atoms with Crippen molar-refractivity contribution in [2.24, 2.45) is 4.99 Å². The van der Waals surface area contributed by atoms with Crippen LogP contribution in [-0.4, -0.2) is 26.5 Å². The maximum absolute atomic E-state index is 13.4. The molecular weight excluding hydrogens is 432 g/mol. The molecule has 0 saturated carbocycles. The molecule has 8 heteroatoms. The minimum absolute atomic E-state index is 0.0274. The largest absolute Gasteiger partial charge is 0.491 e. The molecule has 0 bridgehead atoms. The smallest absolute Gasteiger partial charge is 0.333 e. The van der Waals surface area contributed by atoms with Gasteiger partial charge in [-0.25, -0.2) is 9.79 Å². The number of nitrogens with zero attached hydrogens (tertiary/aromatic N) is 4. The Kier molecular flexibility index (Phi) is 7.62. The molecule has 0 fully saturated rings. The average molecular weight is 459 g/mol. The second-order valence-electron chi connectivity index (χ2n) is 7.63. The second-order valence-corrected chi connectivity index (χ2v) is 8.84. The number of thioether (sulfide) groups is 1. The van der Waals surface area contributed by atoms with Gasteiger partial charge in [0.25, 0.3) is 0 Å². The predicted molar refractivity (Wildman–Crippen MR) is 127 cm³/mol. The number of ether oxygens (including phenoxy) is 1. The molecule has 0 aliphatic heterocycles. The SMILES string of the molecule is CSc1nc(=Nc2ccc(OC(C)C)cc2)n(Cc2ccc(Cl)cc2)c(=O)n1C(C)C. The van der Waals surface area contributed by atoms with Gasteiger partial charge in [0.2, 0.25) is 5.62 Å². The highest BCUT2D eigenvalue weighted by molar-refractivity contribution is 7.98. The van der Waals surface area contributed by atoms with E-state index in [0.29, 0.717) is 28.0 Å². The minimum Gasteiger partial charge on any atom is -0.491 e. The third-order valence-electron chi connectivity index (χ3n) is 4.47. The molecule has 164 valence electrons. The first kappa shape index (κ1) is 23.2. The molecule has 3 aromatic rings.